The van der Waals surface area contributed by atoms with E-state index in [1.165, 1.54) is 12.3 Å². The van der Waals surface area contributed by atoms with Gasteiger partial charge >= 0.3 is 6.18 Å². The summed E-state index contributed by atoms with van der Waals surface area (Å²) in [5.41, 5.74) is 0.312. The van der Waals surface area contributed by atoms with Gasteiger partial charge in [-0.1, -0.05) is 32.9 Å². The van der Waals surface area contributed by atoms with Crippen molar-refractivity contribution < 1.29 is 17.9 Å². The summed E-state index contributed by atoms with van der Waals surface area (Å²) in [5.74, 6) is 0.493. The van der Waals surface area contributed by atoms with Gasteiger partial charge in [-0.3, -0.25) is 14.6 Å². The monoisotopic (exact) mass is 453 g/mol. The number of rotatable bonds is 7. The first-order chi connectivity index (χ1) is 14.5. The van der Waals surface area contributed by atoms with Gasteiger partial charge in [0.1, 0.15) is 0 Å². The van der Waals surface area contributed by atoms with Gasteiger partial charge in [-0.15, -0.1) is 0 Å². The molecule has 2 aromatic heterocycles. The maximum Gasteiger partial charge on any atom is 0.418 e. The van der Waals surface area contributed by atoms with Crippen LogP contribution in [0.5, 0.6) is 0 Å². The Morgan fingerprint density at radius 1 is 1.23 bits per heavy atom. The van der Waals surface area contributed by atoms with E-state index in [0.717, 1.165) is 12.5 Å². The molecule has 0 aliphatic carbocycles. The lowest BCUT2D eigenvalue weighted by molar-refractivity contribution is -0.136. The van der Waals surface area contributed by atoms with Crippen molar-refractivity contribution in [3.63, 3.8) is 0 Å². The van der Waals surface area contributed by atoms with Crippen molar-refractivity contribution >= 4 is 28.8 Å². The number of halogens is 3. The van der Waals surface area contributed by atoms with Crippen molar-refractivity contribution in [1.29, 1.82) is 0 Å². The molecule has 2 N–H and O–H groups in total. The van der Waals surface area contributed by atoms with Crippen LogP contribution in [0, 0.1) is 10.2 Å². The zero-order valence-electron chi connectivity index (χ0n) is 17.9. The molecule has 0 radical (unpaired) electrons. The Balaban J connectivity index is 2.20. The van der Waals surface area contributed by atoms with E-state index in [1.807, 2.05) is 0 Å². The number of fused-ring (bicyclic) bond motifs is 1. The van der Waals surface area contributed by atoms with Crippen LogP contribution in [0.1, 0.15) is 32.8 Å². The lowest BCUT2D eigenvalue weighted by atomic mass is 9.92. The molecule has 0 aliphatic heterocycles. The SMILES string of the molecule is COCCn1c(-c2cnc3c(C(F)(F)F)cccc3c2NCCC(C)(C)C)n[nH]c1=S. The molecule has 0 saturated carbocycles. The first-order valence-electron chi connectivity index (χ1n) is 9.90. The number of ether oxygens (including phenoxy) is 1. The average Bonchev–Trinajstić information content (AvgIpc) is 3.04. The molecule has 0 amide bonds. The standard InChI is InChI=1S/C21H26F3N5OS/c1-20(2,3)8-9-25-16-13-6-5-7-15(21(22,23)24)17(13)26-12-14(16)18-27-28-19(31)29(18)10-11-30-4/h5-7,12H,8-11H2,1-4H3,(H,25,26)(H,28,31). The molecule has 10 heteroatoms. The Labute approximate surface area is 183 Å². The van der Waals surface area contributed by atoms with E-state index in [4.69, 9.17) is 17.0 Å². The third-order valence-electron chi connectivity index (χ3n) is 4.90. The van der Waals surface area contributed by atoms with Crippen LogP contribution < -0.4 is 5.32 Å². The molecule has 0 bridgehead atoms. The van der Waals surface area contributed by atoms with Crippen LogP contribution in [0.4, 0.5) is 18.9 Å². The largest absolute Gasteiger partial charge is 0.418 e. The van der Waals surface area contributed by atoms with Crippen LogP contribution >= 0.6 is 12.2 Å². The second-order valence-corrected chi connectivity index (χ2v) is 8.87. The van der Waals surface area contributed by atoms with Crippen LogP contribution in [-0.2, 0) is 17.5 Å². The Hall–Kier alpha value is -2.46. The van der Waals surface area contributed by atoms with Crippen LogP contribution in [-0.4, -0.2) is 40.0 Å². The fourth-order valence-corrected chi connectivity index (χ4v) is 3.51. The van der Waals surface area contributed by atoms with Gasteiger partial charge in [-0.05, 0) is 30.1 Å². The third-order valence-corrected chi connectivity index (χ3v) is 5.21. The predicted molar refractivity (Wildman–Crippen MR) is 118 cm³/mol. The molecule has 6 nitrogen and oxygen atoms in total. The molecule has 0 unspecified atom stereocenters. The highest BCUT2D eigenvalue weighted by Crippen LogP contribution is 2.39. The summed E-state index contributed by atoms with van der Waals surface area (Å²) in [6.07, 6.45) is -2.26. The summed E-state index contributed by atoms with van der Waals surface area (Å²) in [6, 6.07) is 4.08. The van der Waals surface area contributed by atoms with Crippen molar-refractivity contribution in [2.24, 2.45) is 5.41 Å². The Morgan fingerprint density at radius 3 is 2.61 bits per heavy atom. The predicted octanol–water partition coefficient (Wildman–Crippen LogP) is 5.67. The minimum atomic E-state index is -4.50. The van der Waals surface area contributed by atoms with Gasteiger partial charge in [-0.2, -0.15) is 18.3 Å². The second-order valence-electron chi connectivity index (χ2n) is 8.48. The van der Waals surface area contributed by atoms with Crippen molar-refractivity contribution in [1.82, 2.24) is 19.7 Å². The summed E-state index contributed by atoms with van der Waals surface area (Å²) >= 11 is 5.33. The summed E-state index contributed by atoms with van der Waals surface area (Å²) in [6.45, 7) is 7.76. The van der Waals surface area contributed by atoms with Crippen LogP contribution in [0.25, 0.3) is 22.3 Å². The second kappa shape index (κ2) is 8.96. The number of para-hydroxylation sites is 1. The highest BCUT2D eigenvalue weighted by atomic mass is 32.1. The molecule has 168 valence electrons. The van der Waals surface area contributed by atoms with Crippen molar-refractivity contribution in [2.75, 3.05) is 25.6 Å². The van der Waals surface area contributed by atoms with Gasteiger partial charge in [0.25, 0.3) is 0 Å². The van der Waals surface area contributed by atoms with E-state index in [2.05, 4.69) is 41.3 Å². The van der Waals surface area contributed by atoms with Gasteiger partial charge in [-0.25, -0.2) is 0 Å². The highest BCUT2D eigenvalue weighted by molar-refractivity contribution is 7.71. The molecule has 3 aromatic rings. The summed E-state index contributed by atoms with van der Waals surface area (Å²) < 4.78 is 48.0. The molecule has 0 fully saturated rings. The van der Waals surface area contributed by atoms with E-state index < -0.39 is 11.7 Å². The minimum Gasteiger partial charge on any atom is -0.384 e. The van der Waals surface area contributed by atoms with Gasteiger partial charge in [0.05, 0.1) is 35.5 Å². The number of aromatic amines is 1. The number of alkyl halides is 3. The third kappa shape index (κ3) is 5.24. The topological polar surface area (TPSA) is 67.8 Å². The maximum absolute atomic E-state index is 13.6. The van der Waals surface area contributed by atoms with Gasteiger partial charge < -0.3 is 10.1 Å². The molecule has 2 heterocycles. The molecule has 0 saturated heterocycles. The molecule has 31 heavy (non-hydrogen) atoms. The molecule has 1 aromatic carbocycles. The fourth-order valence-electron chi connectivity index (χ4n) is 3.29. The van der Waals surface area contributed by atoms with Crippen LogP contribution in [0.3, 0.4) is 0 Å². The van der Waals surface area contributed by atoms with Crippen LogP contribution in [0.2, 0.25) is 0 Å². The lowest BCUT2D eigenvalue weighted by Crippen LogP contribution is -2.15. The number of methoxy groups -OCH3 is 1. The van der Waals surface area contributed by atoms with Crippen molar-refractivity contribution in [3.05, 3.63) is 34.7 Å². The quantitative estimate of drug-likeness (QED) is 0.451. The molecular weight excluding hydrogens is 427 g/mol. The number of hydrogen-bond acceptors (Lipinski definition) is 5. The van der Waals surface area contributed by atoms with Crippen LogP contribution in [0.15, 0.2) is 24.4 Å². The lowest BCUT2D eigenvalue weighted by Gasteiger charge is -2.21. The number of benzene rings is 1. The molecular formula is C21H26F3N5OS. The first kappa shape index (κ1) is 23.2. The van der Waals surface area contributed by atoms with Gasteiger partial charge in [0.15, 0.2) is 10.6 Å². The first-order valence-corrected chi connectivity index (χ1v) is 10.3. The number of pyridine rings is 1. The fraction of sp³-hybridized carbons (Fsp3) is 0.476. The maximum atomic E-state index is 13.6. The van der Waals surface area contributed by atoms with E-state index in [-0.39, 0.29) is 10.9 Å². The number of aromatic nitrogens is 4. The number of H-pyrrole nitrogens is 1. The van der Waals surface area contributed by atoms with Gasteiger partial charge in [0, 0.05) is 25.2 Å². The summed E-state index contributed by atoms with van der Waals surface area (Å²) in [7, 11) is 1.58. The highest BCUT2D eigenvalue weighted by Gasteiger charge is 2.34. The Kier molecular flexibility index (Phi) is 6.70. The van der Waals surface area contributed by atoms with E-state index in [1.54, 1.807) is 17.7 Å². The Morgan fingerprint density at radius 2 is 1.97 bits per heavy atom. The summed E-state index contributed by atoms with van der Waals surface area (Å²) in [4.78, 5) is 4.18. The zero-order valence-corrected chi connectivity index (χ0v) is 18.7. The number of nitrogens with one attached hydrogen (secondary N) is 2. The molecule has 0 spiro atoms. The van der Waals surface area contributed by atoms with E-state index in [0.29, 0.717) is 46.9 Å². The normalized spacial score (nSPS) is 12.5. The minimum absolute atomic E-state index is 0.0611. The molecule has 0 aliphatic rings. The Bertz CT molecular complexity index is 1110. The number of nitrogens with zero attached hydrogens (tertiary/aromatic N) is 3. The zero-order chi connectivity index (χ0) is 22.8. The van der Waals surface area contributed by atoms with Gasteiger partial charge in [0.2, 0.25) is 0 Å². The smallest absolute Gasteiger partial charge is 0.384 e. The summed E-state index contributed by atoms with van der Waals surface area (Å²) in [5, 5.41) is 10.8. The molecule has 3 rings (SSSR count). The van der Waals surface area contributed by atoms with Crippen molar-refractivity contribution in [3.8, 4) is 11.4 Å². The van der Waals surface area contributed by atoms with Crippen molar-refractivity contribution in [2.45, 2.75) is 39.9 Å². The average molecular weight is 454 g/mol. The number of hydrogen-bond donors (Lipinski definition) is 2. The number of anilines is 1. The van der Waals surface area contributed by atoms with E-state index >= 15 is 0 Å². The van der Waals surface area contributed by atoms with E-state index in [9.17, 15) is 13.2 Å². The molecule has 0 atom stereocenters.